The van der Waals surface area contributed by atoms with Crippen molar-refractivity contribution in [2.75, 3.05) is 6.54 Å². The summed E-state index contributed by atoms with van der Waals surface area (Å²) in [6, 6.07) is 6.06. The van der Waals surface area contributed by atoms with Gasteiger partial charge in [0.2, 0.25) is 0 Å². The van der Waals surface area contributed by atoms with Crippen LogP contribution in [0.25, 0.3) is 0 Å². The van der Waals surface area contributed by atoms with Crippen LogP contribution in [0.4, 0.5) is 5.69 Å². The van der Waals surface area contributed by atoms with Gasteiger partial charge in [-0.1, -0.05) is 12.5 Å². The molecule has 5 nitrogen and oxygen atoms in total. The third kappa shape index (κ3) is 3.08. The van der Waals surface area contributed by atoms with Crippen molar-refractivity contribution < 1.29 is 4.74 Å². The van der Waals surface area contributed by atoms with E-state index in [-0.39, 0.29) is 6.10 Å². The molecule has 23 heavy (non-hydrogen) atoms. The molecule has 1 aromatic rings. The van der Waals surface area contributed by atoms with Crippen LogP contribution in [0.5, 0.6) is 5.75 Å². The number of rotatable bonds is 3. The van der Waals surface area contributed by atoms with Crippen LogP contribution in [-0.2, 0) is 5.54 Å². The quantitative estimate of drug-likeness (QED) is 0.797. The van der Waals surface area contributed by atoms with Crippen LogP contribution in [0.3, 0.4) is 0 Å². The van der Waals surface area contributed by atoms with Gasteiger partial charge in [0.15, 0.2) is 6.10 Å². The first kappa shape index (κ1) is 16.3. The van der Waals surface area contributed by atoms with E-state index < -0.39 is 5.54 Å². The molecule has 1 aliphatic heterocycles. The van der Waals surface area contributed by atoms with E-state index in [1.165, 1.54) is 12.8 Å². The van der Waals surface area contributed by atoms with E-state index in [9.17, 15) is 0 Å². The molecule has 0 saturated heterocycles. The number of benzene rings is 1. The molecule has 3 rings (SSSR count). The Morgan fingerprint density at radius 3 is 2.87 bits per heavy atom. The van der Waals surface area contributed by atoms with Crippen LogP contribution in [0.1, 0.15) is 45.1 Å². The van der Waals surface area contributed by atoms with Crippen molar-refractivity contribution in [1.29, 1.82) is 0 Å². The molecule has 1 saturated carbocycles. The van der Waals surface area contributed by atoms with Crippen LogP contribution in [0.2, 0.25) is 0 Å². The lowest BCUT2D eigenvalue weighted by Gasteiger charge is -2.40. The molecular formula is C18H28N4O. The fourth-order valence-corrected chi connectivity index (χ4v) is 3.81. The van der Waals surface area contributed by atoms with Gasteiger partial charge < -0.3 is 21.9 Å². The highest BCUT2D eigenvalue weighted by Gasteiger charge is 2.36. The van der Waals surface area contributed by atoms with Gasteiger partial charge in [-0.25, -0.2) is 4.99 Å². The summed E-state index contributed by atoms with van der Waals surface area (Å²) < 4.78 is 5.78. The van der Waals surface area contributed by atoms with Crippen LogP contribution in [-0.4, -0.2) is 18.5 Å². The molecule has 1 heterocycles. The molecule has 0 amide bonds. The highest BCUT2D eigenvalue weighted by molar-refractivity contribution is 5.89. The Kier molecular flexibility index (Phi) is 4.34. The standard InChI is InChI=1S/C18H28N4O/c1-11-17(20)22-15-9-14(6-7-16(15)23-11)18(2,21)13-5-3-4-12(8-13)10-19/h6-7,9,11-13H,3-5,8,10,19,21H2,1-2H3,(H2,20,22). The van der Waals surface area contributed by atoms with Crippen molar-refractivity contribution in [2.24, 2.45) is 34.0 Å². The Bertz CT molecular complexity index is 611. The third-order valence-corrected chi connectivity index (χ3v) is 5.51. The summed E-state index contributed by atoms with van der Waals surface area (Å²) in [6.45, 7) is 4.78. The van der Waals surface area contributed by atoms with Gasteiger partial charge in [-0.15, -0.1) is 0 Å². The van der Waals surface area contributed by atoms with Crippen LogP contribution in [0, 0.1) is 11.8 Å². The smallest absolute Gasteiger partial charge is 0.153 e. The molecule has 4 atom stereocenters. The van der Waals surface area contributed by atoms with Gasteiger partial charge in [0.1, 0.15) is 17.3 Å². The van der Waals surface area contributed by atoms with E-state index in [0.717, 1.165) is 36.4 Å². The summed E-state index contributed by atoms with van der Waals surface area (Å²) in [7, 11) is 0. The molecule has 5 heteroatoms. The van der Waals surface area contributed by atoms with Gasteiger partial charge in [-0.2, -0.15) is 0 Å². The molecule has 0 aromatic heterocycles. The second-order valence-corrected chi connectivity index (χ2v) is 7.23. The van der Waals surface area contributed by atoms with Crippen molar-refractivity contribution in [3.63, 3.8) is 0 Å². The van der Waals surface area contributed by atoms with E-state index in [1.54, 1.807) is 0 Å². The van der Waals surface area contributed by atoms with E-state index >= 15 is 0 Å². The third-order valence-electron chi connectivity index (χ3n) is 5.51. The highest BCUT2D eigenvalue weighted by Crippen LogP contribution is 2.42. The van der Waals surface area contributed by atoms with Crippen LogP contribution < -0.4 is 21.9 Å². The summed E-state index contributed by atoms with van der Waals surface area (Å²) >= 11 is 0. The van der Waals surface area contributed by atoms with Crippen molar-refractivity contribution in [3.05, 3.63) is 23.8 Å². The highest BCUT2D eigenvalue weighted by atomic mass is 16.5. The van der Waals surface area contributed by atoms with Gasteiger partial charge in [0.05, 0.1) is 0 Å². The number of ether oxygens (including phenoxy) is 1. The number of hydrogen-bond donors (Lipinski definition) is 3. The molecule has 4 unspecified atom stereocenters. The fourth-order valence-electron chi connectivity index (χ4n) is 3.81. The summed E-state index contributed by atoms with van der Waals surface area (Å²) in [5.74, 6) is 2.31. The van der Waals surface area contributed by atoms with Gasteiger partial charge in [-0.05, 0) is 69.2 Å². The predicted octanol–water partition coefficient (Wildman–Crippen LogP) is 2.40. The fraction of sp³-hybridized carbons (Fsp3) is 0.611. The zero-order chi connectivity index (χ0) is 16.6. The summed E-state index contributed by atoms with van der Waals surface area (Å²) in [6.07, 6.45) is 4.50. The van der Waals surface area contributed by atoms with Gasteiger partial charge in [0.25, 0.3) is 0 Å². The number of nitrogens with zero attached hydrogens (tertiary/aromatic N) is 1. The molecule has 0 spiro atoms. The van der Waals surface area contributed by atoms with E-state index in [2.05, 4.69) is 18.0 Å². The maximum Gasteiger partial charge on any atom is 0.153 e. The Hall–Kier alpha value is -1.59. The van der Waals surface area contributed by atoms with Crippen LogP contribution in [0.15, 0.2) is 23.2 Å². The zero-order valence-electron chi connectivity index (χ0n) is 14.1. The Labute approximate surface area is 138 Å². The minimum atomic E-state index is -0.393. The topological polar surface area (TPSA) is 99.6 Å². The second-order valence-electron chi connectivity index (χ2n) is 7.23. The first-order valence-corrected chi connectivity index (χ1v) is 8.56. The minimum Gasteiger partial charge on any atom is -0.481 e. The number of amidine groups is 1. The molecule has 0 radical (unpaired) electrons. The van der Waals surface area contributed by atoms with E-state index in [1.807, 2.05) is 19.1 Å². The SMILES string of the molecule is CC1Oc2ccc(C(C)(N)C3CCCC(CN)C3)cc2N=C1N. The van der Waals surface area contributed by atoms with Crippen molar-refractivity contribution >= 4 is 11.5 Å². The molecule has 1 fully saturated rings. The molecule has 126 valence electrons. The second kappa shape index (κ2) is 6.13. The Morgan fingerprint density at radius 1 is 1.35 bits per heavy atom. The summed E-state index contributed by atoms with van der Waals surface area (Å²) in [5, 5.41) is 0. The Morgan fingerprint density at radius 2 is 2.13 bits per heavy atom. The van der Waals surface area contributed by atoms with Crippen molar-refractivity contribution in [2.45, 2.75) is 51.2 Å². The van der Waals surface area contributed by atoms with E-state index in [0.29, 0.717) is 17.7 Å². The maximum absolute atomic E-state index is 6.76. The van der Waals surface area contributed by atoms with E-state index in [4.69, 9.17) is 21.9 Å². The number of fused-ring (bicyclic) bond motifs is 1. The number of hydrogen-bond acceptors (Lipinski definition) is 5. The predicted molar refractivity (Wildman–Crippen MR) is 93.9 cm³/mol. The van der Waals surface area contributed by atoms with Gasteiger partial charge in [0, 0.05) is 5.54 Å². The minimum absolute atomic E-state index is 0.179. The first-order valence-electron chi connectivity index (χ1n) is 8.56. The van der Waals surface area contributed by atoms with Crippen LogP contribution >= 0.6 is 0 Å². The largest absolute Gasteiger partial charge is 0.481 e. The Balaban J connectivity index is 1.88. The molecular weight excluding hydrogens is 288 g/mol. The first-order chi connectivity index (χ1) is 10.9. The summed E-state index contributed by atoms with van der Waals surface area (Å²) in [5.41, 5.74) is 20.0. The molecule has 1 aliphatic carbocycles. The van der Waals surface area contributed by atoms with Gasteiger partial charge in [-0.3, -0.25) is 0 Å². The average Bonchev–Trinajstić information content (AvgIpc) is 2.55. The van der Waals surface area contributed by atoms with Gasteiger partial charge >= 0.3 is 0 Å². The summed E-state index contributed by atoms with van der Waals surface area (Å²) in [4.78, 5) is 4.47. The normalized spacial score (nSPS) is 29.9. The van der Waals surface area contributed by atoms with Crippen molar-refractivity contribution in [1.82, 2.24) is 0 Å². The lowest BCUT2D eigenvalue weighted by Crippen LogP contribution is -2.44. The number of aliphatic imine (C=N–C) groups is 1. The lowest BCUT2D eigenvalue weighted by molar-refractivity contribution is 0.179. The lowest BCUT2D eigenvalue weighted by atomic mass is 9.69. The monoisotopic (exact) mass is 316 g/mol. The molecule has 6 N–H and O–H groups in total. The molecule has 0 bridgehead atoms. The maximum atomic E-state index is 6.76. The van der Waals surface area contributed by atoms with Crippen molar-refractivity contribution in [3.8, 4) is 5.75 Å². The zero-order valence-corrected chi connectivity index (χ0v) is 14.1. The average molecular weight is 316 g/mol. The molecule has 2 aliphatic rings. The number of nitrogens with two attached hydrogens (primary N) is 3. The molecule has 1 aromatic carbocycles.